The van der Waals surface area contributed by atoms with Gasteiger partial charge in [0.15, 0.2) is 0 Å². The number of fused-ring (bicyclic) bond motifs is 1. The third-order valence-electron chi connectivity index (χ3n) is 13.1. The first kappa shape index (κ1) is 99.4. The van der Waals surface area contributed by atoms with Crippen LogP contribution in [-0.2, 0) is 96.9 Å². The van der Waals surface area contributed by atoms with Gasteiger partial charge in [-0.25, -0.2) is 0 Å². The molecule has 0 heterocycles. The van der Waals surface area contributed by atoms with Crippen LogP contribution in [0.1, 0.15) is 38.9 Å². The van der Waals surface area contributed by atoms with E-state index in [9.17, 15) is 25.5 Å². The van der Waals surface area contributed by atoms with Gasteiger partial charge in [0.2, 0.25) is 0 Å². The third-order valence-corrected chi connectivity index (χ3v) is 13.1. The summed E-state index contributed by atoms with van der Waals surface area (Å²) in [6.07, 6.45) is 8.42. The van der Waals surface area contributed by atoms with Gasteiger partial charge < -0.3 is 62.7 Å². The molecule has 12 rings (SSSR count). The first-order valence-corrected chi connectivity index (χ1v) is 39.7. The summed E-state index contributed by atoms with van der Waals surface area (Å²) >= 11 is 7.36. The van der Waals surface area contributed by atoms with Crippen LogP contribution in [0.2, 0.25) is 0 Å². The summed E-state index contributed by atoms with van der Waals surface area (Å²) in [4.78, 5) is 21.6. The second-order valence-corrected chi connectivity index (χ2v) is 19.4. The van der Waals surface area contributed by atoms with Gasteiger partial charge in [0, 0.05) is 64.5 Å². The van der Waals surface area contributed by atoms with Crippen molar-refractivity contribution in [2.45, 2.75) is 13.8 Å². The molecule has 0 aromatic heterocycles. The zero-order valence-corrected chi connectivity index (χ0v) is 69.1. The van der Waals surface area contributed by atoms with E-state index in [-0.39, 0.29) is 54.4 Å². The standard InChI is InChI=1S/C19H15NO.C17H13NO.2C14H13NO.C13H11NO.5CH3.5ClH.5Ti/c21-19-16(14-20-17-11-5-2-6-12-17)10-7-13-18(19)15-8-3-1-4-9-15;19-17-11-10-13-6-4-5-9-15(13)16(17)12-18-14-7-2-1-3-8-14;2*1-11-6-5-7-12(14(11)16)10-15-13-8-3-2-4-9-13;15-13-9-5-4-6-11(13)10-14-12-7-2-1-3-8-12;;;;;;;;;;;;;;;/h1-14,21H;1-12,19H;2*2-10,16H,1H3;1-10,15H;5*1H3;5*1H;;;;;/q;;;;;5*-1;;;;;;5*+2/p-5. The molecule has 102 heavy (non-hydrogen) atoms. The topological polar surface area (TPSA) is 163 Å². The molecule has 0 radical (unpaired) electrons. The van der Waals surface area contributed by atoms with E-state index in [1.54, 1.807) is 49.3 Å². The number of rotatable bonds is 11. The fourth-order valence-corrected chi connectivity index (χ4v) is 8.39. The van der Waals surface area contributed by atoms with Crippen LogP contribution in [0.3, 0.4) is 0 Å². The molecule has 0 aliphatic heterocycles. The monoisotopic (exact) mass is 1630 g/mol. The van der Waals surface area contributed by atoms with Gasteiger partial charge in [-0.05, 0) is 138 Å². The molecule has 0 aliphatic rings. The number of halogens is 5. The molecule has 0 unspecified atom stereocenters. The van der Waals surface area contributed by atoms with E-state index in [4.69, 9.17) is 0 Å². The number of benzene rings is 12. The zero-order chi connectivity index (χ0) is 70.8. The number of hydrogen-bond acceptors (Lipinski definition) is 10. The van der Waals surface area contributed by atoms with Crippen molar-refractivity contribution < 1.29 is 122 Å². The number of aliphatic imine (C=N–C) groups is 5. The average Bonchev–Trinajstić information content (AvgIpc) is 0.818. The molecule has 0 saturated carbocycles. The zero-order valence-electron chi connectivity index (χ0n) is 57.5. The van der Waals surface area contributed by atoms with Gasteiger partial charge in [-0.2, -0.15) is 0 Å². The van der Waals surface area contributed by atoms with Crippen LogP contribution in [0.25, 0.3) is 21.9 Å². The Hall–Kier alpha value is -6.73. The summed E-state index contributed by atoms with van der Waals surface area (Å²) in [5.41, 5.74) is 11.5. The Morgan fingerprint density at radius 3 is 0.912 bits per heavy atom. The van der Waals surface area contributed by atoms with E-state index in [1.165, 1.54) is 96.9 Å². The summed E-state index contributed by atoms with van der Waals surface area (Å²) in [5.74, 6) is 1.34. The van der Waals surface area contributed by atoms with E-state index in [0.717, 1.165) is 83.7 Å². The van der Waals surface area contributed by atoms with E-state index in [1.807, 2.05) is 293 Å². The maximum absolute atomic E-state index is 10.4. The molecule has 0 spiro atoms. The Labute approximate surface area is 683 Å². The molecular weight excluding hydrogens is 1550 g/mol. The summed E-state index contributed by atoms with van der Waals surface area (Å²) in [6, 6.07) is 93.7. The van der Waals surface area contributed by atoms with Crippen LogP contribution in [0.15, 0.2) is 322 Å². The second-order valence-electron chi connectivity index (χ2n) is 19.4. The summed E-state index contributed by atoms with van der Waals surface area (Å²) < 4.78 is 0. The van der Waals surface area contributed by atoms with Crippen LogP contribution in [0, 0.1) is 51.0 Å². The average molecular weight is 1630 g/mol. The van der Waals surface area contributed by atoms with Gasteiger partial charge in [-0.3, -0.25) is 25.0 Å². The van der Waals surface area contributed by atoms with Gasteiger partial charge >= 0.3 is 143 Å². The van der Waals surface area contributed by atoms with Gasteiger partial charge in [0.25, 0.3) is 0 Å². The number of nitrogens with zero attached hydrogens (tertiary/aromatic N) is 5. The molecule has 0 saturated heterocycles. The molecule has 0 atom stereocenters. The van der Waals surface area contributed by atoms with Crippen molar-refractivity contribution in [3.8, 4) is 39.9 Å². The van der Waals surface area contributed by atoms with Crippen molar-refractivity contribution >= 4 is 117 Å². The van der Waals surface area contributed by atoms with Crippen molar-refractivity contribution in [1.82, 2.24) is 0 Å². The van der Waals surface area contributed by atoms with Crippen LogP contribution < -0.4 is 0 Å². The van der Waals surface area contributed by atoms with Crippen LogP contribution in [0.4, 0.5) is 28.4 Å². The number of para-hydroxylation sites is 9. The van der Waals surface area contributed by atoms with E-state index >= 15 is 0 Å². The molecule has 0 fully saturated rings. The molecule has 0 bridgehead atoms. The Kier molecular flexibility index (Phi) is 60.2. The van der Waals surface area contributed by atoms with Crippen LogP contribution >= 0.6 is 46.5 Å². The molecule has 10 nitrogen and oxygen atoms in total. The molecule has 0 aliphatic carbocycles. The number of hydrogen-bond donors (Lipinski definition) is 5. The molecule has 518 valence electrons. The van der Waals surface area contributed by atoms with Gasteiger partial charge in [0.05, 0.1) is 28.4 Å². The number of aryl methyl sites for hydroxylation is 2. The van der Waals surface area contributed by atoms with Gasteiger partial charge in [0.1, 0.15) is 28.7 Å². The van der Waals surface area contributed by atoms with Crippen molar-refractivity contribution in [2.75, 3.05) is 0 Å². The molecule has 0 amide bonds. The Bertz CT molecular complexity index is 4180. The fraction of sp³-hybridized carbons (Fsp3) is 0.0244. The van der Waals surface area contributed by atoms with Crippen molar-refractivity contribution in [3.63, 3.8) is 0 Å². The van der Waals surface area contributed by atoms with E-state index in [2.05, 4.69) is 71.5 Å². The fourth-order valence-electron chi connectivity index (χ4n) is 8.39. The third kappa shape index (κ3) is 36.6. The molecule has 5 N–H and O–H groups in total. The SMILES string of the molecule is Cc1cccc(C=Nc2ccccc2)c1O.Cc1cccc(C=Nc2ccccc2)c1O.Oc1c(C=Nc2ccccc2)cccc1-c1ccccc1.Oc1ccc2ccccc2c1C=Nc1ccccc1.Oc1ccccc1C=Nc1ccccc1.[CH3-].[CH3-].[CH3-].[CH3-].[CH3-].[Cl][Ti+].[Cl][Ti+].[Cl][Ti+].[Cl][Ti+].[Cl][Ti+]. The summed E-state index contributed by atoms with van der Waals surface area (Å²) in [5, 5.41) is 51.6. The maximum atomic E-state index is 10.4. The first-order chi connectivity index (χ1) is 47.6. The van der Waals surface area contributed by atoms with Crippen LogP contribution in [-0.4, -0.2) is 56.6 Å². The Morgan fingerprint density at radius 2 is 0.539 bits per heavy atom. The second kappa shape index (κ2) is 61.7. The number of phenolic OH excluding ortho intramolecular Hbond substituents is 5. The minimum absolute atomic E-state index is 0. The van der Waals surface area contributed by atoms with E-state index < -0.39 is 0 Å². The van der Waals surface area contributed by atoms with Gasteiger partial charge in [-0.15, -0.1) is 0 Å². The summed E-state index contributed by atoms with van der Waals surface area (Å²) in [7, 11) is 23.2. The molecule has 20 heteroatoms. The number of aromatic hydroxyl groups is 5. The molecular formula is C82H80Cl5N5O5Ti5. The Morgan fingerprint density at radius 1 is 0.255 bits per heavy atom. The van der Waals surface area contributed by atoms with E-state index in [0.29, 0.717) is 17.1 Å². The number of phenols is 5. The molecule has 12 aromatic rings. The normalized spacial score (nSPS) is 9.47. The molecule has 12 aromatic carbocycles. The quantitative estimate of drug-likeness (QED) is 0.0494. The van der Waals surface area contributed by atoms with Crippen molar-refractivity contribution in [3.05, 3.63) is 373 Å². The van der Waals surface area contributed by atoms with Gasteiger partial charge in [-0.1, -0.05) is 200 Å². The van der Waals surface area contributed by atoms with Crippen molar-refractivity contribution in [2.24, 2.45) is 25.0 Å². The predicted molar refractivity (Wildman–Crippen MR) is 423 cm³/mol. The van der Waals surface area contributed by atoms with Crippen molar-refractivity contribution in [1.29, 1.82) is 0 Å². The first-order valence-electron chi connectivity index (χ1n) is 28.9. The minimum atomic E-state index is 0. The predicted octanol–water partition coefficient (Wildman–Crippen LogP) is 24.8. The summed E-state index contributed by atoms with van der Waals surface area (Å²) in [6.45, 7) is 3.74. The Balaban J connectivity index is -0.00000115. The van der Waals surface area contributed by atoms with Crippen LogP contribution in [0.5, 0.6) is 28.7 Å².